The standard InChI is InChI=1S/C8H7F3OSi/c1-6-4-2-3-5-7(6)12-13-8(9,10)11/h2-5H,1H3. The molecule has 1 nitrogen and oxygen atoms in total. The van der Waals surface area contributed by atoms with Crippen LogP contribution in [0.1, 0.15) is 5.56 Å². The highest BCUT2D eigenvalue weighted by molar-refractivity contribution is 6.31. The second-order valence-corrected chi connectivity index (χ2v) is 3.44. The molecule has 0 amide bonds. The molecule has 13 heavy (non-hydrogen) atoms. The molecule has 0 fully saturated rings. The van der Waals surface area contributed by atoms with E-state index in [1.807, 2.05) is 0 Å². The summed E-state index contributed by atoms with van der Waals surface area (Å²) in [6.45, 7) is 1.70. The molecule has 0 atom stereocenters. The fourth-order valence-electron chi connectivity index (χ4n) is 0.784. The van der Waals surface area contributed by atoms with Crippen LogP contribution in [0.2, 0.25) is 0 Å². The highest BCUT2D eigenvalue weighted by Gasteiger charge is 2.32. The highest BCUT2D eigenvalue weighted by atomic mass is 28.2. The zero-order chi connectivity index (χ0) is 9.90. The van der Waals surface area contributed by atoms with Crippen molar-refractivity contribution in [3.8, 4) is 5.75 Å². The molecule has 70 valence electrons. The maximum atomic E-state index is 11.8. The van der Waals surface area contributed by atoms with Gasteiger partial charge in [-0.3, -0.25) is 0 Å². The predicted molar refractivity (Wildman–Crippen MR) is 43.6 cm³/mol. The molecule has 1 aromatic rings. The van der Waals surface area contributed by atoms with Crippen molar-refractivity contribution in [2.45, 2.75) is 12.7 Å². The smallest absolute Gasteiger partial charge is 0.446 e. The Bertz CT molecular complexity index is 285. The minimum Gasteiger partial charge on any atom is -0.533 e. The van der Waals surface area contributed by atoms with Gasteiger partial charge in [0, 0.05) is 0 Å². The average molecular weight is 204 g/mol. The molecule has 0 bridgehead atoms. The van der Waals surface area contributed by atoms with Crippen molar-refractivity contribution in [2.75, 3.05) is 0 Å². The summed E-state index contributed by atoms with van der Waals surface area (Å²) < 4.78 is 39.9. The van der Waals surface area contributed by atoms with Crippen molar-refractivity contribution >= 4 is 9.76 Å². The fourth-order valence-corrected chi connectivity index (χ4v) is 1.24. The van der Waals surface area contributed by atoms with Crippen molar-refractivity contribution in [3.63, 3.8) is 0 Å². The minimum atomic E-state index is -4.25. The number of halogens is 3. The van der Waals surface area contributed by atoms with Crippen LogP contribution >= 0.6 is 0 Å². The lowest BCUT2D eigenvalue weighted by molar-refractivity contribution is -0.0547. The number of aryl methyl sites for hydroxylation is 1. The Morgan fingerprint density at radius 2 is 1.85 bits per heavy atom. The first-order valence-corrected chi connectivity index (χ1v) is 4.46. The van der Waals surface area contributed by atoms with E-state index in [9.17, 15) is 13.2 Å². The van der Waals surface area contributed by atoms with Crippen LogP contribution in [0.15, 0.2) is 24.3 Å². The summed E-state index contributed by atoms with van der Waals surface area (Å²) in [4.78, 5) is 0. The van der Waals surface area contributed by atoms with Crippen LogP contribution in [0.4, 0.5) is 13.2 Å². The van der Waals surface area contributed by atoms with Crippen LogP contribution in [-0.2, 0) is 0 Å². The first kappa shape index (κ1) is 10.1. The highest BCUT2D eigenvalue weighted by Crippen LogP contribution is 2.19. The largest absolute Gasteiger partial charge is 0.533 e. The van der Waals surface area contributed by atoms with Crippen molar-refractivity contribution in [1.29, 1.82) is 0 Å². The number of benzene rings is 1. The lowest BCUT2D eigenvalue weighted by Gasteiger charge is -2.08. The van der Waals surface area contributed by atoms with Gasteiger partial charge in [0.15, 0.2) is 0 Å². The molecule has 0 aliphatic rings. The number of rotatable bonds is 2. The van der Waals surface area contributed by atoms with E-state index >= 15 is 0 Å². The van der Waals surface area contributed by atoms with Gasteiger partial charge >= 0.3 is 15.6 Å². The van der Waals surface area contributed by atoms with Crippen LogP contribution in [-0.4, -0.2) is 15.6 Å². The molecular weight excluding hydrogens is 197 g/mol. The molecule has 1 aromatic carbocycles. The van der Waals surface area contributed by atoms with E-state index in [4.69, 9.17) is 0 Å². The van der Waals surface area contributed by atoms with Crippen LogP contribution < -0.4 is 4.43 Å². The molecule has 1 rings (SSSR count). The Kier molecular flexibility index (Phi) is 2.97. The van der Waals surface area contributed by atoms with E-state index < -0.39 is 15.6 Å². The monoisotopic (exact) mass is 204 g/mol. The number of para-hydroxylation sites is 1. The van der Waals surface area contributed by atoms with Crippen LogP contribution in [0.5, 0.6) is 5.75 Å². The Balaban J connectivity index is 2.60. The molecule has 2 radical (unpaired) electrons. The van der Waals surface area contributed by atoms with Gasteiger partial charge in [0.1, 0.15) is 5.75 Å². The van der Waals surface area contributed by atoms with Gasteiger partial charge in [-0.25, -0.2) is 0 Å². The van der Waals surface area contributed by atoms with Gasteiger partial charge in [0.25, 0.3) is 0 Å². The van der Waals surface area contributed by atoms with E-state index in [0.29, 0.717) is 5.56 Å². The van der Waals surface area contributed by atoms with E-state index in [2.05, 4.69) is 4.43 Å². The van der Waals surface area contributed by atoms with E-state index in [0.717, 1.165) is 0 Å². The summed E-state index contributed by atoms with van der Waals surface area (Å²) in [7, 11) is -1.48. The average Bonchev–Trinajstić information content (AvgIpc) is 2.01. The van der Waals surface area contributed by atoms with Crippen molar-refractivity contribution in [1.82, 2.24) is 0 Å². The predicted octanol–water partition coefficient (Wildman–Crippen LogP) is 2.51. The molecule has 5 heteroatoms. The second kappa shape index (κ2) is 3.82. The molecule has 0 saturated carbocycles. The molecule has 0 spiro atoms. The van der Waals surface area contributed by atoms with Crippen LogP contribution in [0.3, 0.4) is 0 Å². The molecule has 0 N–H and O–H groups in total. The fraction of sp³-hybridized carbons (Fsp3) is 0.250. The third kappa shape index (κ3) is 3.50. The molecule has 0 aliphatic heterocycles. The van der Waals surface area contributed by atoms with Gasteiger partial charge < -0.3 is 4.43 Å². The lowest BCUT2D eigenvalue weighted by atomic mass is 10.2. The SMILES string of the molecule is Cc1ccccc1O[Si]C(F)(F)F. The van der Waals surface area contributed by atoms with Gasteiger partial charge in [0.2, 0.25) is 0 Å². The Morgan fingerprint density at radius 3 is 2.38 bits per heavy atom. The van der Waals surface area contributed by atoms with Gasteiger partial charge in [0.05, 0.1) is 0 Å². The third-order valence-electron chi connectivity index (χ3n) is 1.37. The number of hydrogen-bond donors (Lipinski definition) is 0. The number of alkyl halides is 3. The summed E-state index contributed by atoms with van der Waals surface area (Å²) >= 11 is 0. The first-order valence-electron chi connectivity index (χ1n) is 3.55. The summed E-state index contributed by atoms with van der Waals surface area (Å²) in [5.41, 5.74) is 0.708. The van der Waals surface area contributed by atoms with Gasteiger partial charge in [-0.1, -0.05) is 18.2 Å². The zero-order valence-electron chi connectivity index (χ0n) is 6.85. The van der Waals surface area contributed by atoms with Crippen LogP contribution in [0.25, 0.3) is 0 Å². The summed E-state index contributed by atoms with van der Waals surface area (Å²) in [5, 5.41) is 0. The third-order valence-corrected chi connectivity index (χ3v) is 1.92. The van der Waals surface area contributed by atoms with Crippen molar-refractivity contribution in [3.05, 3.63) is 29.8 Å². The zero-order valence-corrected chi connectivity index (χ0v) is 7.85. The Labute approximate surface area is 76.5 Å². The summed E-state index contributed by atoms with van der Waals surface area (Å²) in [5.74, 6) is -3.96. The van der Waals surface area contributed by atoms with E-state index in [-0.39, 0.29) is 5.75 Å². The first-order chi connectivity index (χ1) is 5.99. The Hall–Kier alpha value is -0.973. The summed E-state index contributed by atoms with van der Waals surface area (Å²) in [6.07, 6.45) is 0. The molecule has 0 saturated heterocycles. The molecular formula is C8H7F3OSi. The quantitative estimate of drug-likeness (QED) is 0.672. The van der Waals surface area contributed by atoms with Gasteiger partial charge in [-0.2, -0.15) is 13.2 Å². The van der Waals surface area contributed by atoms with Crippen LogP contribution in [0, 0.1) is 6.92 Å². The summed E-state index contributed by atoms with van der Waals surface area (Å²) in [6, 6.07) is 6.62. The van der Waals surface area contributed by atoms with Crippen molar-refractivity contribution in [2.24, 2.45) is 0 Å². The van der Waals surface area contributed by atoms with Crippen molar-refractivity contribution < 1.29 is 17.6 Å². The van der Waals surface area contributed by atoms with E-state index in [1.165, 1.54) is 6.07 Å². The maximum Gasteiger partial charge on any atom is 0.446 e. The second-order valence-electron chi connectivity index (χ2n) is 2.47. The maximum absolute atomic E-state index is 11.8. The van der Waals surface area contributed by atoms with Gasteiger partial charge in [-0.15, -0.1) is 0 Å². The normalized spacial score (nSPS) is 11.4. The van der Waals surface area contributed by atoms with E-state index in [1.54, 1.807) is 25.1 Å². The molecule has 0 heterocycles. The van der Waals surface area contributed by atoms with Gasteiger partial charge in [-0.05, 0) is 18.6 Å². The lowest BCUT2D eigenvalue weighted by Crippen LogP contribution is -2.24. The molecule has 0 unspecified atom stereocenters. The molecule has 0 aliphatic carbocycles. The number of hydrogen-bond acceptors (Lipinski definition) is 1. The topological polar surface area (TPSA) is 9.23 Å². The molecule has 0 aromatic heterocycles. The Morgan fingerprint density at radius 1 is 1.23 bits per heavy atom. The minimum absolute atomic E-state index is 0.290.